The normalized spacial score (nSPS) is 16.2. The average molecular weight is 545 g/mol. The molecule has 0 bridgehead atoms. The van der Waals surface area contributed by atoms with Crippen LogP contribution in [0.25, 0.3) is 0 Å². The molecular formula is C23H29ClN2O9S. The van der Waals surface area contributed by atoms with Crippen LogP contribution in [0.3, 0.4) is 0 Å². The first-order chi connectivity index (χ1) is 16.9. The van der Waals surface area contributed by atoms with Crippen LogP contribution in [0.4, 0.5) is 5.69 Å². The summed E-state index contributed by atoms with van der Waals surface area (Å²) in [5, 5.41) is 36.5. The van der Waals surface area contributed by atoms with Gasteiger partial charge in [0.05, 0.1) is 22.6 Å². The van der Waals surface area contributed by atoms with Gasteiger partial charge < -0.3 is 35.4 Å². The second-order valence-corrected chi connectivity index (χ2v) is 10.5. The molecule has 1 aliphatic heterocycles. The number of carboxylic acid groups (broad SMARTS) is 2. The van der Waals surface area contributed by atoms with Crippen LogP contribution in [0.2, 0.25) is 5.02 Å². The van der Waals surface area contributed by atoms with E-state index in [0.29, 0.717) is 22.5 Å². The van der Waals surface area contributed by atoms with Crippen LogP contribution in [-0.2, 0) is 19.4 Å². The Labute approximate surface area is 213 Å². The van der Waals surface area contributed by atoms with Gasteiger partial charge in [0.25, 0.3) is 0 Å². The van der Waals surface area contributed by atoms with Crippen molar-refractivity contribution in [1.29, 1.82) is 0 Å². The third-order valence-electron chi connectivity index (χ3n) is 5.49. The van der Waals surface area contributed by atoms with E-state index in [1.165, 1.54) is 12.1 Å². The van der Waals surface area contributed by atoms with E-state index in [1.807, 2.05) is 0 Å². The third-order valence-corrected chi connectivity index (χ3v) is 7.51. The highest BCUT2D eigenvalue weighted by Gasteiger charge is 2.29. The highest BCUT2D eigenvalue weighted by Crippen LogP contribution is 2.32. The van der Waals surface area contributed by atoms with Crippen LogP contribution in [-0.4, -0.2) is 91.2 Å². The fourth-order valence-electron chi connectivity index (χ4n) is 3.36. The number of carbonyl (C=O) groups is 2. The second kappa shape index (κ2) is 12.9. The number of hydrogen-bond acceptors (Lipinski definition) is 9. The number of nitrogens with zero attached hydrogens (tertiary/aromatic N) is 1. The number of anilines is 1. The summed E-state index contributed by atoms with van der Waals surface area (Å²) in [6.45, 7) is 2.03. The number of hydrogen-bond donors (Lipinski definition) is 5. The maximum Gasteiger partial charge on any atom is 0.335 e. The number of aliphatic hydroxyl groups excluding tert-OH is 2. The minimum atomic E-state index is -3.62. The monoisotopic (exact) mass is 544 g/mol. The van der Waals surface area contributed by atoms with Gasteiger partial charge >= 0.3 is 11.9 Å². The number of aliphatic carboxylic acids is 2. The van der Waals surface area contributed by atoms with Crippen molar-refractivity contribution in [3.63, 3.8) is 0 Å². The Morgan fingerprint density at radius 2 is 1.50 bits per heavy atom. The number of halogens is 1. The minimum absolute atomic E-state index is 0.220. The topological polar surface area (TPSA) is 174 Å². The molecule has 0 saturated carbocycles. The van der Waals surface area contributed by atoms with Crippen molar-refractivity contribution in [1.82, 2.24) is 4.90 Å². The van der Waals surface area contributed by atoms with Crippen LogP contribution >= 0.6 is 11.6 Å². The molecule has 198 valence electrons. The molecule has 0 aliphatic carbocycles. The van der Waals surface area contributed by atoms with Gasteiger partial charge in [-0.25, -0.2) is 18.0 Å². The molecule has 0 spiro atoms. The van der Waals surface area contributed by atoms with Crippen LogP contribution in [0.5, 0.6) is 5.75 Å². The zero-order valence-electron chi connectivity index (χ0n) is 19.7. The Kier molecular flexibility index (Phi) is 10.5. The number of nitrogens with one attached hydrogen (secondary N) is 1. The molecule has 3 rings (SSSR count). The van der Waals surface area contributed by atoms with Crippen LogP contribution in [0, 0.1) is 0 Å². The molecule has 1 aliphatic rings. The van der Waals surface area contributed by atoms with Gasteiger partial charge in [0, 0.05) is 11.1 Å². The SMILES string of the molecule is COc1ccc(S(=O)(=O)c2ccc(Cl)cc2)cc1NC1CCN(C)CC1.O=C(O)C(O)C(O)C(=O)O. The molecule has 0 radical (unpaired) electrons. The van der Waals surface area contributed by atoms with E-state index in [9.17, 15) is 18.0 Å². The molecule has 2 aromatic rings. The lowest BCUT2D eigenvalue weighted by Crippen LogP contribution is -2.39. The first kappa shape index (κ1) is 29.3. The summed E-state index contributed by atoms with van der Waals surface area (Å²) in [5.41, 5.74) is 0.706. The Hall–Kier alpha value is -2.90. The lowest BCUT2D eigenvalue weighted by molar-refractivity contribution is -0.165. The maximum atomic E-state index is 12.9. The maximum absolute atomic E-state index is 12.9. The lowest BCUT2D eigenvalue weighted by Gasteiger charge is -2.30. The number of likely N-dealkylation sites (tertiary alicyclic amines) is 1. The molecule has 13 heteroatoms. The molecule has 1 heterocycles. The number of sulfone groups is 1. The van der Waals surface area contributed by atoms with E-state index in [-0.39, 0.29) is 9.79 Å². The number of benzene rings is 2. The number of aliphatic hydroxyl groups is 2. The Morgan fingerprint density at radius 1 is 1.00 bits per heavy atom. The molecule has 5 N–H and O–H groups in total. The van der Waals surface area contributed by atoms with Gasteiger partial charge in [-0.15, -0.1) is 0 Å². The quantitative estimate of drug-likeness (QED) is 0.326. The van der Waals surface area contributed by atoms with Crippen LogP contribution in [0.1, 0.15) is 12.8 Å². The highest BCUT2D eigenvalue weighted by molar-refractivity contribution is 7.91. The van der Waals surface area contributed by atoms with E-state index < -0.39 is 34.0 Å². The summed E-state index contributed by atoms with van der Waals surface area (Å²) >= 11 is 5.87. The zero-order chi connectivity index (χ0) is 27.0. The molecular weight excluding hydrogens is 516 g/mol. The molecule has 2 unspecified atom stereocenters. The predicted octanol–water partition coefficient (Wildman–Crippen LogP) is 1.56. The summed E-state index contributed by atoms with van der Waals surface area (Å²) in [7, 11) is 0.0779. The first-order valence-corrected chi connectivity index (χ1v) is 12.7. The molecule has 2 atom stereocenters. The average Bonchev–Trinajstić information content (AvgIpc) is 2.85. The van der Waals surface area contributed by atoms with E-state index in [1.54, 1.807) is 37.4 Å². The molecule has 11 nitrogen and oxygen atoms in total. The Balaban J connectivity index is 0.000000388. The van der Waals surface area contributed by atoms with E-state index in [0.717, 1.165) is 25.9 Å². The fourth-order valence-corrected chi connectivity index (χ4v) is 4.77. The van der Waals surface area contributed by atoms with E-state index >= 15 is 0 Å². The van der Waals surface area contributed by atoms with Crippen molar-refractivity contribution in [2.24, 2.45) is 0 Å². The number of piperidine rings is 1. The zero-order valence-corrected chi connectivity index (χ0v) is 21.2. The van der Waals surface area contributed by atoms with Gasteiger partial charge in [-0.2, -0.15) is 0 Å². The Morgan fingerprint density at radius 3 is 1.97 bits per heavy atom. The van der Waals surface area contributed by atoms with E-state index in [2.05, 4.69) is 17.3 Å². The second-order valence-electron chi connectivity index (χ2n) is 8.11. The largest absolute Gasteiger partial charge is 0.495 e. The summed E-state index contributed by atoms with van der Waals surface area (Å²) in [6, 6.07) is 11.4. The number of carboxylic acids is 2. The van der Waals surface area contributed by atoms with Crippen molar-refractivity contribution in [2.45, 2.75) is 40.9 Å². The van der Waals surface area contributed by atoms with Gasteiger partial charge in [0.1, 0.15) is 5.75 Å². The van der Waals surface area contributed by atoms with Gasteiger partial charge in [-0.1, -0.05) is 11.6 Å². The standard InChI is InChI=1S/C19H23ClN2O3S.C4H6O6/c1-22-11-9-15(10-12-22)21-18-13-17(7-8-19(18)25-2)26(23,24)16-5-3-14(20)4-6-16;5-1(3(7)8)2(6)4(9)10/h3-8,13,15,21H,9-12H2,1-2H3;1-2,5-6H,(H,7,8)(H,9,10). The summed E-state index contributed by atoms with van der Waals surface area (Å²) in [6.07, 6.45) is -2.52. The van der Waals surface area contributed by atoms with Crippen molar-refractivity contribution in [3.05, 3.63) is 47.5 Å². The van der Waals surface area contributed by atoms with Crippen molar-refractivity contribution in [3.8, 4) is 5.75 Å². The van der Waals surface area contributed by atoms with E-state index in [4.69, 9.17) is 36.8 Å². The van der Waals surface area contributed by atoms with Crippen LogP contribution < -0.4 is 10.1 Å². The van der Waals surface area contributed by atoms with Crippen molar-refractivity contribution in [2.75, 3.05) is 32.6 Å². The molecule has 0 aromatic heterocycles. The number of methoxy groups -OCH3 is 1. The molecule has 1 fully saturated rings. The van der Waals surface area contributed by atoms with Gasteiger partial charge in [0.15, 0.2) is 12.2 Å². The fraction of sp³-hybridized carbons (Fsp3) is 0.391. The molecule has 0 amide bonds. The third kappa shape index (κ3) is 7.80. The number of ether oxygens (including phenoxy) is 1. The Bertz CT molecular complexity index is 1130. The number of rotatable bonds is 8. The van der Waals surface area contributed by atoms with Crippen molar-refractivity contribution >= 4 is 39.1 Å². The predicted molar refractivity (Wildman–Crippen MR) is 131 cm³/mol. The molecule has 2 aromatic carbocycles. The van der Waals surface area contributed by atoms with Crippen molar-refractivity contribution < 1.29 is 43.2 Å². The van der Waals surface area contributed by atoms with Gasteiger partial charge in [0.2, 0.25) is 9.84 Å². The summed E-state index contributed by atoms with van der Waals surface area (Å²) < 4.78 is 31.2. The molecule has 36 heavy (non-hydrogen) atoms. The van der Waals surface area contributed by atoms with Gasteiger partial charge in [-0.05, 0) is 75.4 Å². The first-order valence-electron chi connectivity index (χ1n) is 10.8. The minimum Gasteiger partial charge on any atom is -0.495 e. The molecule has 1 saturated heterocycles. The smallest absolute Gasteiger partial charge is 0.335 e. The lowest BCUT2D eigenvalue weighted by atomic mass is 10.1. The summed E-state index contributed by atoms with van der Waals surface area (Å²) in [4.78, 5) is 22.3. The van der Waals surface area contributed by atoms with Gasteiger partial charge in [-0.3, -0.25) is 0 Å². The summed E-state index contributed by atoms with van der Waals surface area (Å²) in [5.74, 6) is -2.90. The van der Waals surface area contributed by atoms with Crippen LogP contribution in [0.15, 0.2) is 52.3 Å². The highest BCUT2D eigenvalue weighted by atomic mass is 35.5.